The highest BCUT2D eigenvalue weighted by atomic mass is 16.5. The van der Waals surface area contributed by atoms with Crippen molar-refractivity contribution in [1.29, 1.82) is 0 Å². The lowest BCUT2D eigenvalue weighted by Gasteiger charge is -2.37. The minimum atomic E-state index is -0.619. The molecule has 0 bridgehead atoms. The van der Waals surface area contributed by atoms with E-state index in [0.717, 1.165) is 70.9 Å². The standard InChI is InChI=1S/C19H41NO2/c1-5-9-13-19(21,14-10-6-2)18(20-15-11-7-3)17-22-16-12-8-4/h18,20-21H,5-17H2,1-4H3/t18-/m0/s1. The van der Waals surface area contributed by atoms with Crippen molar-refractivity contribution in [3.8, 4) is 0 Å². The molecule has 0 spiro atoms. The molecule has 0 aliphatic heterocycles. The summed E-state index contributed by atoms with van der Waals surface area (Å²) in [5.74, 6) is 0. The molecule has 1 atom stereocenters. The molecule has 0 heterocycles. The second-order valence-corrected chi connectivity index (χ2v) is 6.60. The molecule has 0 rings (SSSR count). The summed E-state index contributed by atoms with van der Waals surface area (Å²) in [6, 6.07) is 0.0639. The number of unbranched alkanes of at least 4 members (excludes halogenated alkanes) is 4. The van der Waals surface area contributed by atoms with Gasteiger partial charge in [0, 0.05) is 6.61 Å². The number of rotatable bonds is 16. The Morgan fingerprint density at radius 3 is 1.91 bits per heavy atom. The van der Waals surface area contributed by atoms with E-state index in [4.69, 9.17) is 4.74 Å². The zero-order chi connectivity index (χ0) is 16.7. The molecule has 134 valence electrons. The highest BCUT2D eigenvalue weighted by Gasteiger charge is 2.35. The van der Waals surface area contributed by atoms with Gasteiger partial charge in [-0.1, -0.05) is 66.2 Å². The van der Waals surface area contributed by atoms with E-state index in [1.54, 1.807) is 0 Å². The Balaban J connectivity index is 4.65. The molecule has 0 aromatic rings. The van der Waals surface area contributed by atoms with Crippen molar-refractivity contribution < 1.29 is 9.84 Å². The van der Waals surface area contributed by atoms with Crippen molar-refractivity contribution in [3.63, 3.8) is 0 Å². The minimum Gasteiger partial charge on any atom is -0.388 e. The Hall–Kier alpha value is -0.120. The van der Waals surface area contributed by atoms with Gasteiger partial charge in [-0.15, -0.1) is 0 Å². The van der Waals surface area contributed by atoms with E-state index >= 15 is 0 Å². The number of ether oxygens (including phenoxy) is 1. The van der Waals surface area contributed by atoms with Gasteiger partial charge in [0.15, 0.2) is 0 Å². The SMILES string of the molecule is CCCCN[C@@H](COCCCC)C(O)(CCCC)CCCC. The predicted molar refractivity (Wildman–Crippen MR) is 96.4 cm³/mol. The maximum Gasteiger partial charge on any atom is 0.0822 e. The Bertz CT molecular complexity index is 225. The minimum absolute atomic E-state index is 0.0639. The quantitative estimate of drug-likeness (QED) is 0.407. The van der Waals surface area contributed by atoms with E-state index in [9.17, 15) is 5.11 Å². The van der Waals surface area contributed by atoms with Crippen LogP contribution in [0.5, 0.6) is 0 Å². The fourth-order valence-corrected chi connectivity index (χ4v) is 2.74. The summed E-state index contributed by atoms with van der Waals surface area (Å²) < 4.78 is 5.85. The molecule has 0 amide bonds. The van der Waals surface area contributed by atoms with Crippen LogP contribution in [0.1, 0.15) is 91.9 Å². The van der Waals surface area contributed by atoms with Crippen molar-refractivity contribution in [3.05, 3.63) is 0 Å². The van der Waals surface area contributed by atoms with Crippen molar-refractivity contribution in [2.75, 3.05) is 19.8 Å². The average Bonchev–Trinajstić information content (AvgIpc) is 2.53. The third-order valence-corrected chi connectivity index (χ3v) is 4.42. The van der Waals surface area contributed by atoms with Crippen molar-refractivity contribution in [2.24, 2.45) is 0 Å². The van der Waals surface area contributed by atoms with Crippen LogP contribution in [0.4, 0.5) is 0 Å². The lowest BCUT2D eigenvalue weighted by Crippen LogP contribution is -2.53. The Morgan fingerprint density at radius 1 is 0.864 bits per heavy atom. The molecule has 0 radical (unpaired) electrons. The summed E-state index contributed by atoms with van der Waals surface area (Å²) in [7, 11) is 0. The first-order valence-electron chi connectivity index (χ1n) is 9.68. The first kappa shape index (κ1) is 21.9. The predicted octanol–water partition coefficient (Wildman–Crippen LogP) is 4.67. The lowest BCUT2D eigenvalue weighted by atomic mass is 9.84. The molecule has 0 unspecified atom stereocenters. The van der Waals surface area contributed by atoms with Gasteiger partial charge in [0.25, 0.3) is 0 Å². The molecule has 22 heavy (non-hydrogen) atoms. The molecule has 3 nitrogen and oxygen atoms in total. The maximum atomic E-state index is 11.2. The van der Waals surface area contributed by atoms with Gasteiger partial charge in [-0.05, 0) is 32.2 Å². The monoisotopic (exact) mass is 315 g/mol. The van der Waals surface area contributed by atoms with E-state index < -0.39 is 5.60 Å². The van der Waals surface area contributed by atoms with Gasteiger partial charge < -0.3 is 15.2 Å². The van der Waals surface area contributed by atoms with Gasteiger partial charge >= 0.3 is 0 Å². The Morgan fingerprint density at radius 2 is 1.41 bits per heavy atom. The molecule has 0 saturated heterocycles. The van der Waals surface area contributed by atoms with Crippen LogP contribution in [0.3, 0.4) is 0 Å². The largest absolute Gasteiger partial charge is 0.388 e. The van der Waals surface area contributed by atoms with E-state index in [0.29, 0.717) is 6.61 Å². The molecule has 2 N–H and O–H groups in total. The molecule has 0 aromatic carbocycles. The molecule has 0 aliphatic rings. The smallest absolute Gasteiger partial charge is 0.0822 e. The van der Waals surface area contributed by atoms with Crippen LogP contribution in [-0.4, -0.2) is 36.5 Å². The third-order valence-electron chi connectivity index (χ3n) is 4.42. The van der Waals surface area contributed by atoms with Crippen LogP contribution in [0.2, 0.25) is 0 Å². The summed E-state index contributed by atoms with van der Waals surface area (Å²) >= 11 is 0. The first-order valence-corrected chi connectivity index (χ1v) is 9.68. The van der Waals surface area contributed by atoms with Gasteiger partial charge in [-0.3, -0.25) is 0 Å². The van der Waals surface area contributed by atoms with Crippen LogP contribution in [-0.2, 0) is 4.74 Å². The number of nitrogens with one attached hydrogen (secondary N) is 1. The van der Waals surface area contributed by atoms with Crippen LogP contribution < -0.4 is 5.32 Å². The lowest BCUT2D eigenvalue weighted by molar-refractivity contribution is -0.0473. The molecule has 0 aromatic heterocycles. The zero-order valence-corrected chi connectivity index (χ0v) is 15.6. The normalized spacial score (nSPS) is 13.5. The zero-order valence-electron chi connectivity index (χ0n) is 15.6. The van der Waals surface area contributed by atoms with E-state index in [-0.39, 0.29) is 6.04 Å². The molecule has 0 aliphatic carbocycles. The second kappa shape index (κ2) is 14.5. The second-order valence-electron chi connectivity index (χ2n) is 6.60. The fourth-order valence-electron chi connectivity index (χ4n) is 2.74. The van der Waals surface area contributed by atoms with Gasteiger partial charge in [0.1, 0.15) is 0 Å². The van der Waals surface area contributed by atoms with E-state index in [1.807, 2.05) is 0 Å². The van der Waals surface area contributed by atoms with E-state index in [2.05, 4.69) is 33.0 Å². The average molecular weight is 316 g/mol. The topological polar surface area (TPSA) is 41.5 Å². The maximum absolute atomic E-state index is 11.2. The molecular formula is C19H41NO2. The van der Waals surface area contributed by atoms with Crippen LogP contribution >= 0.6 is 0 Å². The van der Waals surface area contributed by atoms with Crippen LogP contribution in [0.15, 0.2) is 0 Å². The first-order chi connectivity index (χ1) is 10.6. The number of aliphatic hydroxyl groups is 1. The fraction of sp³-hybridized carbons (Fsp3) is 1.00. The summed E-state index contributed by atoms with van der Waals surface area (Å²) in [5.41, 5.74) is -0.619. The Labute approximate surface area is 139 Å². The molecule has 0 fully saturated rings. The summed E-state index contributed by atoms with van der Waals surface area (Å²) in [5, 5.41) is 14.8. The Kier molecular flexibility index (Phi) is 14.4. The van der Waals surface area contributed by atoms with Crippen LogP contribution in [0, 0.1) is 0 Å². The molecular weight excluding hydrogens is 274 g/mol. The van der Waals surface area contributed by atoms with Crippen molar-refractivity contribution >= 4 is 0 Å². The van der Waals surface area contributed by atoms with Crippen molar-refractivity contribution in [1.82, 2.24) is 5.32 Å². The van der Waals surface area contributed by atoms with Crippen LogP contribution in [0.25, 0.3) is 0 Å². The number of hydrogen-bond donors (Lipinski definition) is 2. The van der Waals surface area contributed by atoms with Gasteiger partial charge in [0.2, 0.25) is 0 Å². The highest BCUT2D eigenvalue weighted by Crippen LogP contribution is 2.26. The number of hydrogen-bond acceptors (Lipinski definition) is 3. The summed E-state index contributed by atoms with van der Waals surface area (Å²) in [6.07, 6.45) is 10.8. The summed E-state index contributed by atoms with van der Waals surface area (Å²) in [6.45, 7) is 11.2. The third kappa shape index (κ3) is 9.81. The van der Waals surface area contributed by atoms with Gasteiger partial charge in [-0.2, -0.15) is 0 Å². The van der Waals surface area contributed by atoms with Gasteiger partial charge in [0.05, 0.1) is 18.2 Å². The highest BCUT2D eigenvalue weighted by molar-refractivity contribution is 4.91. The molecule has 0 saturated carbocycles. The van der Waals surface area contributed by atoms with Gasteiger partial charge in [-0.25, -0.2) is 0 Å². The summed E-state index contributed by atoms with van der Waals surface area (Å²) in [4.78, 5) is 0. The van der Waals surface area contributed by atoms with E-state index in [1.165, 1.54) is 6.42 Å². The van der Waals surface area contributed by atoms with Crippen molar-refractivity contribution in [2.45, 2.75) is 104 Å². The molecule has 3 heteroatoms.